The van der Waals surface area contributed by atoms with Crippen molar-refractivity contribution in [2.45, 2.75) is 10.9 Å². The number of hydrogen-bond donors (Lipinski definition) is 2. The molecule has 0 fully saturated rings. The first-order valence-electron chi connectivity index (χ1n) is 5.95. The van der Waals surface area contributed by atoms with E-state index in [9.17, 15) is 4.79 Å². The average Bonchev–Trinajstić information content (AvgIpc) is 2.45. The molecule has 0 spiro atoms. The van der Waals surface area contributed by atoms with E-state index in [0.717, 1.165) is 16.1 Å². The first-order chi connectivity index (χ1) is 9.20. The third-order valence-electron chi connectivity index (χ3n) is 2.80. The van der Waals surface area contributed by atoms with Gasteiger partial charge in [0.1, 0.15) is 6.04 Å². The summed E-state index contributed by atoms with van der Waals surface area (Å²) in [6.45, 7) is 0. The summed E-state index contributed by atoms with van der Waals surface area (Å²) in [5.41, 5.74) is 7.23. The van der Waals surface area contributed by atoms with Crippen LogP contribution in [0, 0.1) is 0 Å². The van der Waals surface area contributed by atoms with Gasteiger partial charge < -0.3 is 11.1 Å². The maximum absolute atomic E-state index is 11.6. The molecule has 0 aliphatic rings. The van der Waals surface area contributed by atoms with Crippen LogP contribution >= 0.6 is 11.8 Å². The second-order valence-electron chi connectivity index (χ2n) is 4.12. The van der Waals surface area contributed by atoms with Gasteiger partial charge >= 0.3 is 0 Å². The van der Waals surface area contributed by atoms with Crippen molar-refractivity contribution in [1.82, 2.24) is 0 Å². The number of hydrogen-bond acceptors (Lipinski definition) is 3. The van der Waals surface area contributed by atoms with E-state index in [1.54, 1.807) is 11.8 Å². The summed E-state index contributed by atoms with van der Waals surface area (Å²) in [4.78, 5) is 12.8. The summed E-state index contributed by atoms with van der Waals surface area (Å²) in [5.74, 6) is -0.388. The minimum Gasteiger partial charge on any atom is -0.370 e. The van der Waals surface area contributed by atoms with Crippen LogP contribution in [-0.2, 0) is 4.79 Å². The van der Waals surface area contributed by atoms with Gasteiger partial charge in [0.15, 0.2) is 0 Å². The summed E-state index contributed by atoms with van der Waals surface area (Å²) in [5, 5.41) is 3.18. The highest BCUT2D eigenvalue weighted by Crippen LogP contribution is 2.23. The van der Waals surface area contributed by atoms with Gasteiger partial charge in [0.2, 0.25) is 5.91 Å². The second kappa shape index (κ2) is 6.29. The molecule has 2 rings (SSSR count). The van der Waals surface area contributed by atoms with Gasteiger partial charge in [-0.25, -0.2) is 0 Å². The number of amides is 1. The van der Waals surface area contributed by atoms with Crippen LogP contribution in [0.2, 0.25) is 0 Å². The zero-order valence-electron chi connectivity index (χ0n) is 10.7. The smallest absolute Gasteiger partial charge is 0.244 e. The fraction of sp³-hybridized carbons (Fsp3) is 0.133. The van der Waals surface area contributed by atoms with Gasteiger partial charge in [-0.1, -0.05) is 36.4 Å². The SMILES string of the molecule is CSc1cccc(NC(C(N)=O)c2ccccc2)c1. The molecule has 0 saturated carbocycles. The molecular formula is C15H16N2OS. The van der Waals surface area contributed by atoms with Crippen LogP contribution < -0.4 is 11.1 Å². The maximum Gasteiger partial charge on any atom is 0.244 e. The molecular weight excluding hydrogens is 256 g/mol. The van der Waals surface area contributed by atoms with Crippen LogP contribution in [0.15, 0.2) is 59.5 Å². The molecule has 0 aliphatic carbocycles. The van der Waals surface area contributed by atoms with Crippen molar-refractivity contribution >= 4 is 23.4 Å². The normalized spacial score (nSPS) is 11.8. The number of benzene rings is 2. The third kappa shape index (κ3) is 3.51. The van der Waals surface area contributed by atoms with Gasteiger partial charge in [0.05, 0.1) is 0 Å². The van der Waals surface area contributed by atoms with E-state index in [0.29, 0.717) is 0 Å². The standard InChI is InChI=1S/C15H16N2OS/c1-19-13-9-5-8-12(10-13)17-14(15(16)18)11-6-3-2-4-7-11/h2-10,14,17H,1H3,(H2,16,18). The summed E-state index contributed by atoms with van der Waals surface area (Å²) in [7, 11) is 0. The lowest BCUT2D eigenvalue weighted by Crippen LogP contribution is -2.27. The number of thioether (sulfide) groups is 1. The number of carbonyl (C=O) groups is 1. The van der Waals surface area contributed by atoms with E-state index in [4.69, 9.17) is 5.73 Å². The van der Waals surface area contributed by atoms with E-state index < -0.39 is 6.04 Å². The molecule has 19 heavy (non-hydrogen) atoms. The Morgan fingerprint density at radius 2 is 1.89 bits per heavy atom. The topological polar surface area (TPSA) is 55.1 Å². The number of carbonyl (C=O) groups excluding carboxylic acids is 1. The molecule has 0 radical (unpaired) electrons. The zero-order chi connectivity index (χ0) is 13.7. The first-order valence-corrected chi connectivity index (χ1v) is 7.18. The van der Waals surface area contributed by atoms with Crippen molar-refractivity contribution in [2.24, 2.45) is 5.73 Å². The van der Waals surface area contributed by atoms with Crippen molar-refractivity contribution < 1.29 is 4.79 Å². The molecule has 0 aliphatic heterocycles. The zero-order valence-corrected chi connectivity index (χ0v) is 11.5. The minimum atomic E-state index is -0.515. The Bertz CT molecular complexity index is 557. The minimum absolute atomic E-state index is 0.388. The monoisotopic (exact) mass is 272 g/mol. The lowest BCUT2D eigenvalue weighted by atomic mass is 10.1. The fourth-order valence-electron chi connectivity index (χ4n) is 1.84. The Balaban J connectivity index is 2.24. The molecule has 0 aromatic heterocycles. The van der Waals surface area contributed by atoms with Gasteiger partial charge in [-0.2, -0.15) is 0 Å². The molecule has 1 atom stereocenters. The molecule has 1 amide bonds. The summed E-state index contributed by atoms with van der Waals surface area (Å²) >= 11 is 1.66. The van der Waals surface area contributed by atoms with E-state index >= 15 is 0 Å². The molecule has 4 heteroatoms. The lowest BCUT2D eigenvalue weighted by molar-refractivity contribution is -0.118. The summed E-state index contributed by atoms with van der Waals surface area (Å²) in [6.07, 6.45) is 2.02. The van der Waals surface area contributed by atoms with Crippen LogP contribution in [-0.4, -0.2) is 12.2 Å². The highest BCUT2D eigenvalue weighted by atomic mass is 32.2. The predicted octanol–water partition coefficient (Wildman–Crippen LogP) is 3.05. The molecule has 98 valence electrons. The highest BCUT2D eigenvalue weighted by Gasteiger charge is 2.17. The van der Waals surface area contributed by atoms with Crippen molar-refractivity contribution in [3.8, 4) is 0 Å². The molecule has 3 nitrogen and oxygen atoms in total. The Kier molecular flexibility index (Phi) is 4.47. The van der Waals surface area contributed by atoms with Crippen molar-refractivity contribution in [3.63, 3.8) is 0 Å². The van der Waals surface area contributed by atoms with E-state index in [1.165, 1.54) is 0 Å². The molecule has 2 aromatic carbocycles. The van der Waals surface area contributed by atoms with Crippen LogP contribution in [0.4, 0.5) is 5.69 Å². The average molecular weight is 272 g/mol. The Labute approximate surface area is 117 Å². The fourth-order valence-corrected chi connectivity index (χ4v) is 2.30. The maximum atomic E-state index is 11.6. The van der Waals surface area contributed by atoms with Crippen molar-refractivity contribution in [2.75, 3.05) is 11.6 Å². The first kappa shape index (κ1) is 13.5. The number of nitrogens with one attached hydrogen (secondary N) is 1. The second-order valence-corrected chi connectivity index (χ2v) is 5.00. The summed E-state index contributed by atoms with van der Waals surface area (Å²) < 4.78 is 0. The molecule has 2 aromatic rings. The highest BCUT2D eigenvalue weighted by molar-refractivity contribution is 7.98. The molecule has 0 bridgehead atoms. The van der Waals surface area contributed by atoms with Crippen LogP contribution in [0.25, 0.3) is 0 Å². The van der Waals surface area contributed by atoms with Crippen molar-refractivity contribution in [1.29, 1.82) is 0 Å². The quantitative estimate of drug-likeness (QED) is 0.823. The Hall–Kier alpha value is -1.94. The lowest BCUT2D eigenvalue weighted by Gasteiger charge is -2.17. The van der Waals surface area contributed by atoms with Gasteiger partial charge in [-0.3, -0.25) is 4.79 Å². The Morgan fingerprint density at radius 3 is 2.53 bits per heavy atom. The Morgan fingerprint density at radius 1 is 1.16 bits per heavy atom. The van der Waals surface area contributed by atoms with Gasteiger partial charge in [-0.05, 0) is 30.0 Å². The van der Waals surface area contributed by atoms with E-state index in [-0.39, 0.29) is 5.91 Å². The third-order valence-corrected chi connectivity index (χ3v) is 3.52. The molecule has 3 N–H and O–H groups in total. The van der Waals surface area contributed by atoms with Crippen molar-refractivity contribution in [3.05, 3.63) is 60.2 Å². The summed E-state index contributed by atoms with van der Waals surface area (Å²) in [6, 6.07) is 16.9. The largest absolute Gasteiger partial charge is 0.370 e. The molecule has 0 saturated heterocycles. The van der Waals surface area contributed by atoms with E-state index in [1.807, 2.05) is 60.9 Å². The van der Waals surface area contributed by atoms with Gasteiger partial charge in [0.25, 0.3) is 0 Å². The number of nitrogens with two attached hydrogens (primary N) is 1. The predicted molar refractivity (Wildman–Crippen MR) is 80.2 cm³/mol. The van der Waals surface area contributed by atoms with Gasteiger partial charge in [0, 0.05) is 10.6 Å². The number of primary amides is 1. The molecule has 1 unspecified atom stereocenters. The van der Waals surface area contributed by atoms with Crippen LogP contribution in [0.1, 0.15) is 11.6 Å². The number of rotatable bonds is 5. The molecule has 0 heterocycles. The van der Waals surface area contributed by atoms with Crippen LogP contribution in [0.3, 0.4) is 0 Å². The van der Waals surface area contributed by atoms with Crippen LogP contribution in [0.5, 0.6) is 0 Å². The van der Waals surface area contributed by atoms with E-state index in [2.05, 4.69) is 5.32 Å². The van der Waals surface area contributed by atoms with Gasteiger partial charge in [-0.15, -0.1) is 11.8 Å². The number of anilines is 1.